The third-order valence-corrected chi connectivity index (χ3v) is 8.73. The molecule has 1 fully saturated rings. The second kappa shape index (κ2) is 19.5. The largest absolute Gasteiger partial charge is 0.493 e. The van der Waals surface area contributed by atoms with Crippen LogP contribution in [-0.4, -0.2) is 81.1 Å². The SMILES string of the molecule is C=C(N[C@@H]1CCCCC[C@@H]1C(=O)NCCN(C)C)N(C)C(=O)/C(=C\C)c1ccc(Oc2ccnc3c2C=C(OC)C(OC)=CC3)c(F)c1.CC. The number of methoxy groups -OCH3 is 2. The Morgan fingerprint density at radius 1 is 1.04 bits per heavy atom. The van der Waals surface area contributed by atoms with Crippen LogP contribution in [0.4, 0.5) is 4.39 Å². The summed E-state index contributed by atoms with van der Waals surface area (Å²) in [6, 6.07) is 5.94. The van der Waals surface area contributed by atoms with E-state index < -0.39 is 5.82 Å². The van der Waals surface area contributed by atoms with Crippen LogP contribution < -0.4 is 15.4 Å². The zero-order chi connectivity index (χ0) is 36.8. The number of ether oxygens (including phenoxy) is 3. The van der Waals surface area contributed by atoms with Crippen LogP contribution in [0.5, 0.6) is 11.5 Å². The van der Waals surface area contributed by atoms with Crippen molar-refractivity contribution in [1.29, 1.82) is 0 Å². The third-order valence-electron chi connectivity index (χ3n) is 8.73. The van der Waals surface area contributed by atoms with Gasteiger partial charge in [0.2, 0.25) is 5.91 Å². The molecule has 1 saturated carbocycles. The van der Waals surface area contributed by atoms with Crippen LogP contribution in [0, 0.1) is 11.7 Å². The van der Waals surface area contributed by atoms with Crippen molar-refractivity contribution in [3.05, 3.63) is 89.2 Å². The van der Waals surface area contributed by atoms with Gasteiger partial charge in [-0.25, -0.2) is 4.39 Å². The van der Waals surface area contributed by atoms with Crippen molar-refractivity contribution < 1.29 is 28.2 Å². The number of aromatic nitrogens is 1. The summed E-state index contributed by atoms with van der Waals surface area (Å²) in [5.41, 5.74) is 2.07. The van der Waals surface area contributed by atoms with E-state index in [9.17, 15) is 9.59 Å². The monoisotopic (exact) mass is 691 g/mol. The van der Waals surface area contributed by atoms with Gasteiger partial charge in [0, 0.05) is 49.9 Å². The molecule has 1 aromatic heterocycles. The normalized spacial score (nSPS) is 17.4. The van der Waals surface area contributed by atoms with Crippen LogP contribution in [0.3, 0.4) is 0 Å². The molecule has 2 aliphatic rings. The fourth-order valence-corrected chi connectivity index (χ4v) is 5.96. The van der Waals surface area contributed by atoms with E-state index in [-0.39, 0.29) is 29.5 Å². The van der Waals surface area contributed by atoms with E-state index in [2.05, 4.69) is 22.2 Å². The number of carbonyl (C=O) groups is 2. The maximum Gasteiger partial charge on any atom is 0.259 e. The number of carbonyl (C=O) groups excluding carboxylic acids is 2. The summed E-state index contributed by atoms with van der Waals surface area (Å²) in [7, 11) is 8.67. The highest BCUT2D eigenvalue weighted by Crippen LogP contribution is 2.35. The second-order valence-corrected chi connectivity index (χ2v) is 12.2. The number of rotatable bonds is 13. The van der Waals surface area contributed by atoms with E-state index in [4.69, 9.17) is 14.2 Å². The minimum atomic E-state index is -0.633. The van der Waals surface area contributed by atoms with Gasteiger partial charge in [-0.2, -0.15) is 0 Å². The number of likely N-dealkylation sites (N-methyl/N-ethyl adjacent to an activating group) is 2. The van der Waals surface area contributed by atoms with Crippen LogP contribution in [0.25, 0.3) is 11.6 Å². The first-order chi connectivity index (χ1) is 24.1. The third kappa shape index (κ3) is 10.2. The zero-order valence-corrected chi connectivity index (χ0v) is 30.9. The smallest absolute Gasteiger partial charge is 0.259 e. The lowest BCUT2D eigenvalue weighted by Crippen LogP contribution is -2.47. The molecular formula is C39H54FN5O5. The highest BCUT2D eigenvalue weighted by molar-refractivity contribution is 6.19. The predicted molar refractivity (Wildman–Crippen MR) is 196 cm³/mol. The van der Waals surface area contributed by atoms with Crippen molar-refractivity contribution in [2.45, 2.75) is 65.3 Å². The van der Waals surface area contributed by atoms with Gasteiger partial charge in [-0.3, -0.25) is 19.5 Å². The standard InChI is InChI=1S/C37H48FN5O5.C2H6/c1-8-26(37(45)43(5)24(2)41-31-13-11-9-10-12-27(31)36(44)40-20-21-42(3)4)25-14-16-33(29(38)22-25)48-32-18-19-39-30-15-17-34(46-6)35(47-7)23-28(30)32;1-2/h8,14,16-19,22-23,27,31,41H,2,9-13,15,20-21H2,1,3-7H3,(H,40,44);1-2H3/b26-8-;/t27-,31+;/m0./s1. The van der Waals surface area contributed by atoms with Gasteiger partial charge < -0.3 is 29.7 Å². The van der Waals surface area contributed by atoms with Gasteiger partial charge in [0.15, 0.2) is 23.1 Å². The minimum absolute atomic E-state index is 0.00529. The van der Waals surface area contributed by atoms with Gasteiger partial charge in [0.1, 0.15) is 11.6 Å². The van der Waals surface area contributed by atoms with Crippen molar-refractivity contribution in [1.82, 2.24) is 25.4 Å². The molecule has 2 amide bonds. The first-order valence-electron chi connectivity index (χ1n) is 17.4. The van der Waals surface area contributed by atoms with Gasteiger partial charge >= 0.3 is 0 Å². The summed E-state index contributed by atoms with van der Waals surface area (Å²) in [4.78, 5) is 34.7. The molecule has 2 aliphatic carbocycles. The Morgan fingerprint density at radius 3 is 2.42 bits per heavy atom. The van der Waals surface area contributed by atoms with E-state index in [1.165, 1.54) is 17.0 Å². The van der Waals surface area contributed by atoms with Crippen LogP contribution in [-0.2, 0) is 25.5 Å². The predicted octanol–water partition coefficient (Wildman–Crippen LogP) is 6.66. The van der Waals surface area contributed by atoms with Crippen molar-refractivity contribution in [3.8, 4) is 11.5 Å². The Bertz CT molecular complexity index is 1580. The number of nitrogens with zero attached hydrogens (tertiary/aromatic N) is 3. The first kappa shape index (κ1) is 39.8. The summed E-state index contributed by atoms with van der Waals surface area (Å²) in [5, 5.41) is 6.44. The van der Waals surface area contributed by atoms with Crippen LogP contribution in [0.15, 0.2) is 66.5 Å². The topological polar surface area (TPSA) is 105 Å². The molecule has 272 valence electrons. The van der Waals surface area contributed by atoms with E-state index >= 15 is 4.39 Å². The summed E-state index contributed by atoms with van der Waals surface area (Å²) in [5.74, 6) is 0.633. The first-order valence-corrected chi connectivity index (χ1v) is 17.4. The molecule has 4 rings (SSSR count). The maximum absolute atomic E-state index is 15.6. The molecule has 2 N–H and O–H groups in total. The van der Waals surface area contributed by atoms with E-state index in [1.807, 2.05) is 38.9 Å². The Labute approximate surface area is 297 Å². The molecule has 2 aromatic rings. The Hall–Kier alpha value is -4.64. The molecule has 0 bridgehead atoms. The van der Waals surface area contributed by atoms with Gasteiger partial charge in [-0.05, 0) is 69.8 Å². The summed E-state index contributed by atoms with van der Waals surface area (Å²) in [6.45, 7) is 11.2. The number of hydrogen-bond donors (Lipinski definition) is 2. The van der Waals surface area contributed by atoms with Gasteiger partial charge in [0.05, 0.1) is 25.8 Å². The van der Waals surface area contributed by atoms with Gasteiger partial charge in [-0.15, -0.1) is 0 Å². The highest BCUT2D eigenvalue weighted by atomic mass is 19.1. The molecule has 11 heteroatoms. The molecular weight excluding hydrogens is 637 g/mol. The molecule has 0 unspecified atom stereocenters. The lowest BCUT2D eigenvalue weighted by Gasteiger charge is -2.31. The average molecular weight is 692 g/mol. The molecule has 1 aromatic carbocycles. The number of halogens is 1. The molecule has 1 heterocycles. The molecule has 10 nitrogen and oxygen atoms in total. The Kier molecular flexibility index (Phi) is 15.5. The number of nitrogens with one attached hydrogen (secondary N) is 2. The molecule has 0 spiro atoms. The molecule has 0 aliphatic heterocycles. The number of fused-ring (bicyclic) bond motifs is 1. The van der Waals surface area contributed by atoms with E-state index in [1.54, 1.807) is 58.7 Å². The zero-order valence-electron chi connectivity index (χ0n) is 30.9. The van der Waals surface area contributed by atoms with Crippen molar-refractivity contribution in [2.24, 2.45) is 5.92 Å². The second-order valence-electron chi connectivity index (χ2n) is 12.2. The Balaban J connectivity index is 0.00000332. The summed E-state index contributed by atoms with van der Waals surface area (Å²) in [6.07, 6.45) is 11.9. The highest BCUT2D eigenvalue weighted by Gasteiger charge is 2.31. The quantitative estimate of drug-likeness (QED) is 0.178. The Morgan fingerprint density at radius 2 is 1.76 bits per heavy atom. The summed E-state index contributed by atoms with van der Waals surface area (Å²) >= 11 is 0. The van der Waals surface area contributed by atoms with Crippen molar-refractivity contribution in [2.75, 3.05) is 48.5 Å². The van der Waals surface area contributed by atoms with Crippen LogP contribution in [0.1, 0.15) is 69.7 Å². The van der Waals surface area contributed by atoms with Crippen molar-refractivity contribution in [3.63, 3.8) is 0 Å². The lowest BCUT2D eigenvalue weighted by atomic mass is 9.93. The van der Waals surface area contributed by atoms with Gasteiger partial charge in [-0.1, -0.05) is 51.8 Å². The fraction of sp³-hybridized carbons (Fsp3) is 0.462. The fourth-order valence-electron chi connectivity index (χ4n) is 5.96. The molecule has 2 atom stereocenters. The number of amides is 2. The maximum atomic E-state index is 15.6. The average Bonchev–Trinajstić information content (AvgIpc) is 3.46. The molecule has 0 radical (unpaired) electrons. The van der Waals surface area contributed by atoms with E-state index in [0.29, 0.717) is 52.8 Å². The number of pyridine rings is 1. The molecule has 50 heavy (non-hydrogen) atoms. The van der Waals surface area contributed by atoms with E-state index in [0.717, 1.165) is 44.3 Å². The number of hydrogen-bond acceptors (Lipinski definition) is 8. The summed E-state index contributed by atoms with van der Waals surface area (Å²) < 4.78 is 32.6. The van der Waals surface area contributed by atoms with Gasteiger partial charge in [0.25, 0.3) is 5.91 Å². The molecule has 0 saturated heterocycles. The van der Waals surface area contributed by atoms with Crippen LogP contribution in [0.2, 0.25) is 0 Å². The lowest BCUT2D eigenvalue weighted by molar-refractivity contribution is -0.126. The minimum Gasteiger partial charge on any atom is -0.493 e. The van der Waals surface area contributed by atoms with Crippen LogP contribution >= 0.6 is 0 Å². The number of allylic oxidation sites excluding steroid dienone is 2. The number of benzene rings is 1. The van der Waals surface area contributed by atoms with Crippen molar-refractivity contribution >= 4 is 23.5 Å².